The molecule has 2 aromatic rings. The Morgan fingerprint density at radius 2 is 1.96 bits per heavy atom. The van der Waals surface area contributed by atoms with E-state index >= 15 is 0 Å². The number of hydrogen-bond acceptors (Lipinski definition) is 2. The van der Waals surface area contributed by atoms with E-state index in [9.17, 15) is 4.79 Å². The number of nitrogens with one attached hydrogen (secondary N) is 1. The van der Waals surface area contributed by atoms with Gasteiger partial charge in [-0.3, -0.25) is 4.79 Å². The monoisotopic (exact) mass is 343 g/mol. The van der Waals surface area contributed by atoms with Crippen LogP contribution < -0.4 is 10.1 Å². The van der Waals surface area contributed by atoms with Crippen LogP contribution in [0.3, 0.4) is 0 Å². The van der Waals surface area contributed by atoms with Crippen LogP contribution in [0.25, 0.3) is 0 Å². The maximum absolute atomic E-state index is 12.8. The molecular formula is C20H22ClNO2. The van der Waals surface area contributed by atoms with Gasteiger partial charge in [-0.25, -0.2) is 0 Å². The molecule has 1 N–H and O–H groups in total. The maximum atomic E-state index is 12.8. The molecule has 126 valence electrons. The maximum Gasteiger partial charge on any atom is 0.228 e. The highest BCUT2D eigenvalue weighted by Gasteiger charge is 2.62. The second kappa shape index (κ2) is 6.14. The van der Waals surface area contributed by atoms with Gasteiger partial charge in [-0.15, -0.1) is 0 Å². The van der Waals surface area contributed by atoms with E-state index in [1.54, 1.807) is 25.3 Å². The van der Waals surface area contributed by atoms with Crippen LogP contribution in [-0.4, -0.2) is 13.0 Å². The summed E-state index contributed by atoms with van der Waals surface area (Å²) < 4.78 is 5.31. The van der Waals surface area contributed by atoms with Crippen molar-refractivity contribution in [2.45, 2.75) is 26.7 Å². The van der Waals surface area contributed by atoms with Crippen LogP contribution in [0.1, 0.15) is 30.9 Å². The lowest BCUT2D eigenvalue weighted by Gasteiger charge is -2.11. The number of hydrogen-bond donors (Lipinski definition) is 1. The Balaban J connectivity index is 1.82. The molecule has 1 amide bonds. The van der Waals surface area contributed by atoms with Crippen molar-refractivity contribution in [2.75, 3.05) is 12.4 Å². The van der Waals surface area contributed by atoms with Crippen molar-refractivity contribution in [1.29, 1.82) is 0 Å². The predicted octanol–water partition coefficient (Wildman–Crippen LogP) is 5.04. The molecule has 3 nitrogen and oxygen atoms in total. The summed E-state index contributed by atoms with van der Waals surface area (Å²) in [5.74, 6) is 0.774. The van der Waals surface area contributed by atoms with Gasteiger partial charge in [0, 0.05) is 10.9 Å². The molecule has 4 heteroatoms. The average molecular weight is 344 g/mol. The number of amides is 1. The zero-order chi connectivity index (χ0) is 17.5. The normalized spacial score (nSPS) is 21.2. The quantitative estimate of drug-likeness (QED) is 0.845. The zero-order valence-electron chi connectivity index (χ0n) is 14.4. The topological polar surface area (TPSA) is 38.3 Å². The number of halogens is 1. The molecule has 0 bridgehead atoms. The van der Waals surface area contributed by atoms with Gasteiger partial charge in [-0.05, 0) is 36.1 Å². The third-order valence-electron chi connectivity index (χ3n) is 4.93. The molecule has 1 fully saturated rings. The fourth-order valence-corrected chi connectivity index (χ4v) is 3.77. The average Bonchev–Trinajstić information content (AvgIpc) is 3.10. The summed E-state index contributed by atoms with van der Waals surface area (Å²) in [6, 6.07) is 13.6. The van der Waals surface area contributed by atoms with Crippen LogP contribution in [0.2, 0.25) is 5.02 Å². The molecule has 0 spiro atoms. The first-order valence-electron chi connectivity index (χ1n) is 8.05. The Hall–Kier alpha value is -2.00. The summed E-state index contributed by atoms with van der Waals surface area (Å²) in [5.41, 5.74) is 2.98. The molecule has 1 aliphatic carbocycles. The van der Waals surface area contributed by atoms with Gasteiger partial charge in [0.1, 0.15) is 5.75 Å². The summed E-state index contributed by atoms with van der Waals surface area (Å²) in [6.07, 6.45) is 0. The SMILES string of the molecule is COc1ccc(Cl)cc1NC(=O)C1C(c2cccc(C)c2)C1(C)C. The number of methoxy groups -OCH3 is 1. The molecule has 0 aromatic heterocycles. The number of anilines is 1. The standard InChI is InChI=1S/C20H22ClNO2/c1-12-6-5-7-13(10-12)17-18(20(17,2)3)19(23)22-15-11-14(21)8-9-16(15)24-4/h5-11,17-18H,1-4H3,(H,22,23). The van der Waals surface area contributed by atoms with Crippen LogP contribution in [0.5, 0.6) is 5.75 Å². The Morgan fingerprint density at radius 1 is 1.21 bits per heavy atom. The highest BCUT2D eigenvalue weighted by molar-refractivity contribution is 6.31. The van der Waals surface area contributed by atoms with E-state index in [-0.39, 0.29) is 23.2 Å². The minimum atomic E-state index is -0.0667. The zero-order valence-corrected chi connectivity index (χ0v) is 15.1. The number of rotatable bonds is 4. The lowest BCUT2D eigenvalue weighted by molar-refractivity contribution is -0.118. The second-order valence-corrected chi connectivity index (χ2v) is 7.46. The van der Waals surface area contributed by atoms with E-state index in [1.165, 1.54) is 11.1 Å². The smallest absolute Gasteiger partial charge is 0.228 e. The predicted molar refractivity (Wildman–Crippen MR) is 97.8 cm³/mol. The number of carbonyl (C=O) groups excluding carboxylic acids is 1. The van der Waals surface area contributed by atoms with Crippen LogP contribution in [-0.2, 0) is 4.79 Å². The summed E-state index contributed by atoms with van der Waals surface area (Å²) in [7, 11) is 1.58. The van der Waals surface area contributed by atoms with Crippen LogP contribution >= 0.6 is 11.6 Å². The van der Waals surface area contributed by atoms with Crippen molar-refractivity contribution < 1.29 is 9.53 Å². The minimum Gasteiger partial charge on any atom is -0.495 e. The molecule has 0 aliphatic heterocycles. The summed E-state index contributed by atoms with van der Waals surface area (Å²) in [5, 5.41) is 3.55. The van der Waals surface area contributed by atoms with E-state index in [0.29, 0.717) is 16.5 Å². The van der Waals surface area contributed by atoms with Crippen molar-refractivity contribution in [3.63, 3.8) is 0 Å². The first-order valence-corrected chi connectivity index (χ1v) is 8.43. The van der Waals surface area contributed by atoms with Gasteiger partial charge in [-0.2, -0.15) is 0 Å². The van der Waals surface area contributed by atoms with Gasteiger partial charge < -0.3 is 10.1 Å². The Morgan fingerprint density at radius 3 is 2.62 bits per heavy atom. The molecule has 24 heavy (non-hydrogen) atoms. The van der Waals surface area contributed by atoms with Gasteiger partial charge in [-0.1, -0.05) is 55.3 Å². The third-order valence-corrected chi connectivity index (χ3v) is 5.17. The molecule has 0 heterocycles. The molecule has 1 saturated carbocycles. The lowest BCUT2D eigenvalue weighted by Crippen LogP contribution is -2.17. The number of ether oxygens (including phenoxy) is 1. The minimum absolute atomic E-state index is 0.00655. The summed E-state index contributed by atoms with van der Waals surface area (Å²) in [4.78, 5) is 12.8. The van der Waals surface area contributed by atoms with Crippen LogP contribution in [0.4, 0.5) is 5.69 Å². The van der Waals surface area contributed by atoms with Gasteiger partial charge in [0.15, 0.2) is 0 Å². The number of aryl methyl sites for hydroxylation is 1. The van der Waals surface area contributed by atoms with Crippen molar-refractivity contribution >= 4 is 23.2 Å². The van der Waals surface area contributed by atoms with E-state index < -0.39 is 0 Å². The highest BCUT2D eigenvalue weighted by Crippen LogP contribution is 2.64. The number of carbonyl (C=O) groups is 1. The van der Waals surface area contributed by atoms with Crippen molar-refractivity contribution in [2.24, 2.45) is 11.3 Å². The summed E-state index contributed by atoms with van der Waals surface area (Å²) in [6.45, 7) is 6.35. The molecule has 3 rings (SSSR count). The van der Waals surface area contributed by atoms with Gasteiger partial charge in [0.05, 0.1) is 18.7 Å². The first kappa shape index (κ1) is 16.8. The van der Waals surface area contributed by atoms with E-state index in [0.717, 1.165) is 0 Å². The van der Waals surface area contributed by atoms with Crippen LogP contribution in [0, 0.1) is 18.3 Å². The Labute approximate surface area is 148 Å². The molecule has 2 unspecified atom stereocenters. The molecule has 0 radical (unpaired) electrons. The van der Waals surface area contributed by atoms with Crippen molar-refractivity contribution in [3.8, 4) is 5.75 Å². The van der Waals surface area contributed by atoms with E-state index in [4.69, 9.17) is 16.3 Å². The molecule has 2 aromatic carbocycles. The van der Waals surface area contributed by atoms with Gasteiger partial charge in [0.2, 0.25) is 5.91 Å². The fourth-order valence-electron chi connectivity index (χ4n) is 3.60. The Kier molecular flexibility index (Phi) is 4.31. The lowest BCUT2D eigenvalue weighted by atomic mass is 10.0. The molecule has 1 aliphatic rings. The van der Waals surface area contributed by atoms with Gasteiger partial charge in [0.25, 0.3) is 0 Å². The van der Waals surface area contributed by atoms with Gasteiger partial charge >= 0.3 is 0 Å². The second-order valence-electron chi connectivity index (χ2n) is 7.02. The molecule has 0 saturated heterocycles. The largest absolute Gasteiger partial charge is 0.495 e. The van der Waals surface area contributed by atoms with Crippen molar-refractivity contribution in [3.05, 3.63) is 58.6 Å². The van der Waals surface area contributed by atoms with E-state index in [1.807, 2.05) is 6.07 Å². The number of benzene rings is 2. The van der Waals surface area contributed by atoms with E-state index in [2.05, 4.69) is 44.3 Å². The third kappa shape index (κ3) is 3.01. The first-order chi connectivity index (χ1) is 11.3. The molecular weight excluding hydrogens is 322 g/mol. The highest BCUT2D eigenvalue weighted by atomic mass is 35.5. The fraction of sp³-hybridized carbons (Fsp3) is 0.350. The Bertz CT molecular complexity index is 785. The molecule has 2 atom stereocenters. The van der Waals surface area contributed by atoms with Crippen molar-refractivity contribution in [1.82, 2.24) is 0 Å². The summed E-state index contributed by atoms with van der Waals surface area (Å²) >= 11 is 6.04. The van der Waals surface area contributed by atoms with Crippen LogP contribution in [0.15, 0.2) is 42.5 Å².